The van der Waals surface area contributed by atoms with Crippen molar-refractivity contribution in [2.75, 3.05) is 19.7 Å². The van der Waals surface area contributed by atoms with Crippen LogP contribution in [0.2, 0.25) is 0 Å². The summed E-state index contributed by atoms with van der Waals surface area (Å²) in [6.45, 7) is 4.45. The van der Waals surface area contributed by atoms with Crippen LogP contribution in [0.1, 0.15) is 64.8 Å². The Bertz CT molecular complexity index is 1200. The molecule has 2 heterocycles. The third kappa shape index (κ3) is 6.57. The molecule has 2 aliphatic rings. The van der Waals surface area contributed by atoms with Crippen molar-refractivity contribution >= 4 is 5.91 Å². The molecule has 39 heavy (non-hydrogen) atoms. The van der Waals surface area contributed by atoms with Gasteiger partial charge in [-0.2, -0.15) is 0 Å². The number of nitrogens with zero attached hydrogens (tertiary/aromatic N) is 1. The van der Waals surface area contributed by atoms with E-state index in [1.54, 1.807) is 12.1 Å². The van der Waals surface area contributed by atoms with Crippen LogP contribution in [-0.4, -0.2) is 52.9 Å². The number of benzene rings is 3. The summed E-state index contributed by atoms with van der Waals surface area (Å²) in [5, 5.41) is 22.3. The lowest BCUT2D eigenvalue weighted by atomic mass is 9.90. The van der Waals surface area contributed by atoms with Crippen LogP contribution in [0.3, 0.4) is 0 Å². The summed E-state index contributed by atoms with van der Waals surface area (Å²) in [5.41, 5.74) is 4.46. The predicted octanol–water partition coefficient (Wildman–Crippen LogP) is 4.36. The first-order chi connectivity index (χ1) is 19.1. The maximum absolute atomic E-state index is 12.4. The highest BCUT2D eigenvalue weighted by molar-refractivity contribution is 5.94. The molecule has 0 bridgehead atoms. The van der Waals surface area contributed by atoms with Gasteiger partial charge in [0.05, 0.1) is 25.4 Å². The Hall–Kier alpha value is -3.07. The number of carbonyl (C=O) groups excluding carboxylic acids is 1. The number of hydrogen-bond acceptors (Lipinski definition) is 6. The molecule has 2 fully saturated rings. The van der Waals surface area contributed by atoms with E-state index in [0.29, 0.717) is 12.1 Å². The van der Waals surface area contributed by atoms with Gasteiger partial charge < -0.3 is 25.0 Å². The molecular formula is C32H38N2O5. The first kappa shape index (κ1) is 27.5. The minimum atomic E-state index is -0.545. The molecule has 7 nitrogen and oxygen atoms in total. The Balaban J connectivity index is 1.31. The fourth-order valence-corrected chi connectivity index (χ4v) is 5.57. The van der Waals surface area contributed by atoms with E-state index in [2.05, 4.69) is 17.1 Å². The number of amides is 1. The molecule has 0 spiro atoms. The highest BCUT2D eigenvalue weighted by Gasteiger charge is 2.40. The van der Waals surface area contributed by atoms with Crippen molar-refractivity contribution in [3.05, 3.63) is 107 Å². The summed E-state index contributed by atoms with van der Waals surface area (Å²) < 4.78 is 13.1. The molecule has 2 aliphatic heterocycles. The molecule has 1 amide bonds. The third-order valence-corrected chi connectivity index (χ3v) is 7.99. The molecule has 3 aromatic carbocycles. The van der Waals surface area contributed by atoms with E-state index >= 15 is 0 Å². The van der Waals surface area contributed by atoms with Crippen LogP contribution in [0, 0.1) is 5.92 Å². The Morgan fingerprint density at radius 3 is 2.31 bits per heavy atom. The first-order valence-electron chi connectivity index (χ1n) is 13.8. The van der Waals surface area contributed by atoms with Crippen LogP contribution in [0.25, 0.3) is 0 Å². The van der Waals surface area contributed by atoms with Gasteiger partial charge in [0.25, 0.3) is 5.91 Å². The average Bonchev–Trinajstić information content (AvgIpc) is 3.45. The Labute approximate surface area is 230 Å². The van der Waals surface area contributed by atoms with E-state index in [-0.39, 0.29) is 43.3 Å². The van der Waals surface area contributed by atoms with Gasteiger partial charge in [-0.15, -0.1) is 0 Å². The minimum absolute atomic E-state index is 0.00534. The van der Waals surface area contributed by atoms with E-state index < -0.39 is 6.29 Å². The van der Waals surface area contributed by atoms with Crippen molar-refractivity contribution in [1.29, 1.82) is 0 Å². The molecule has 5 rings (SSSR count). The minimum Gasteiger partial charge on any atom is -0.395 e. The lowest BCUT2D eigenvalue weighted by Gasteiger charge is -2.43. The first-order valence-corrected chi connectivity index (χ1v) is 13.8. The SMILES string of the molecule is CC1C(CN2CCCC2CO)OC(c2ccc(CNC(=O)c3ccccc3)cc2)OC1c1ccc(CO)cc1. The second-order valence-electron chi connectivity index (χ2n) is 10.6. The second-order valence-corrected chi connectivity index (χ2v) is 10.6. The van der Waals surface area contributed by atoms with E-state index in [9.17, 15) is 15.0 Å². The van der Waals surface area contributed by atoms with Gasteiger partial charge in [-0.05, 0) is 48.2 Å². The van der Waals surface area contributed by atoms with Crippen LogP contribution in [0.5, 0.6) is 0 Å². The standard InChI is InChI=1S/C32H38N2O5/c1-22-29(19-34-17-5-8-28(34)21-36)38-32(39-30(22)25-13-11-24(20-35)12-14-25)27-15-9-23(10-16-27)18-33-31(37)26-6-3-2-4-7-26/h2-4,6-7,9-16,22,28-30,32,35-36H,5,8,17-21H2,1H3,(H,33,37). The number of rotatable bonds is 9. The summed E-state index contributed by atoms with van der Waals surface area (Å²) in [6.07, 6.45) is 1.29. The molecule has 206 valence electrons. The maximum Gasteiger partial charge on any atom is 0.251 e. The highest BCUT2D eigenvalue weighted by atomic mass is 16.7. The molecule has 0 aliphatic carbocycles. The van der Waals surface area contributed by atoms with E-state index in [0.717, 1.165) is 48.2 Å². The second kappa shape index (κ2) is 12.9. The summed E-state index contributed by atoms with van der Waals surface area (Å²) >= 11 is 0. The normalized spacial score (nSPS) is 25.5. The van der Waals surface area contributed by atoms with E-state index in [1.807, 2.05) is 66.7 Å². The van der Waals surface area contributed by atoms with Crippen LogP contribution in [-0.2, 0) is 22.6 Å². The Morgan fingerprint density at radius 1 is 0.923 bits per heavy atom. The lowest BCUT2D eigenvalue weighted by Crippen LogP contribution is -2.46. The summed E-state index contributed by atoms with van der Waals surface area (Å²) in [7, 11) is 0. The zero-order valence-electron chi connectivity index (χ0n) is 22.4. The third-order valence-electron chi connectivity index (χ3n) is 7.99. The number of aliphatic hydroxyl groups is 2. The van der Waals surface area contributed by atoms with Crippen molar-refractivity contribution in [2.24, 2.45) is 5.92 Å². The quantitative estimate of drug-likeness (QED) is 0.381. The van der Waals surface area contributed by atoms with E-state index in [4.69, 9.17) is 9.47 Å². The number of carbonyl (C=O) groups is 1. The zero-order chi connectivity index (χ0) is 27.2. The van der Waals surface area contributed by atoms with Gasteiger partial charge in [0.1, 0.15) is 0 Å². The van der Waals surface area contributed by atoms with Gasteiger partial charge in [-0.3, -0.25) is 9.69 Å². The molecule has 2 saturated heterocycles. The van der Waals surface area contributed by atoms with Crippen molar-refractivity contribution in [2.45, 2.75) is 57.5 Å². The Morgan fingerprint density at radius 2 is 1.62 bits per heavy atom. The number of likely N-dealkylation sites (tertiary alicyclic amines) is 1. The smallest absolute Gasteiger partial charge is 0.251 e. The van der Waals surface area contributed by atoms with Gasteiger partial charge >= 0.3 is 0 Å². The summed E-state index contributed by atoms with van der Waals surface area (Å²) in [6, 6.07) is 25.3. The highest BCUT2D eigenvalue weighted by Crippen LogP contribution is 2.42. The van der Waals surface area contributed by atoms with Gasteiger partial charge in [0.15, 0.2) is 6.29 Å². The molecule has 5 unspecified atom stereocenters. The fourth-order valence-electron chi connectivity index (χ4n) is 5.57. The number of ether oxygens (including phenoxy) is 2. The predicted molar refractivity (Wildman–Crippen MR) is 149 cm³/mol. The largest absolute Gasteiger partial charge is 0.395 e. The lowest BCUT2D eigenvalue weighted by molar-refractivity contribution is -0.276. The van der Waals surface area contributed by atoms with Crippen molar-refractivity contribution < 1.29 is 24.5 Å². The summed E-state index contributed by atoms with van der Waals surface area (Å²) in [5.74, 6) is -0.0118. The molecule has 0 aromatic heterocycles. The van der Waals surface area contributed by atoms with Gasteiger partial charge in [0, 0.05) is 36.2 Å². The topological polar surface area (TPSA) is 91.3 Å². The van der Waals surface area contributed by atoms with E-state index in [1.165, 1.54) is 0 Å². The van der Waals surface area contributed by atoms with Crippen molar-refractivity contribution in [3.63, 3.8) is 0 Å². The van der Waals surface area contributed by atoms with Crippen LogP contribution in [0.15, 0.2) is 78.9 Å². The molecule has 0 radical (unpaired) electrons. The van der Waals surface area contributed by atoms with Gasteiger partial charge in [-0.1, -0.05) is 73.7 Å². The maximum atomic E-state index is 12.4. The number of nitrogens with one attached hydrogen (secondary N) is 1. The van der Waals surface area contributed by atoms with Gasteiger partial charge in [0.2, 0.25) is 0 Å². The molecule has 3 aromatic rings. The molecule has 0 saturated carbocycles. The molecule has 7 heteroatoms. The Kier molecular flexibility index (Phi) is 9.06. The average molecular weight is 531 g/mol. The van der Waals surface area contributed by atoms with Gasteiger partial charge in [-0.25, -0.2) is 0 Å². The molecule has 5 atom stereocenters. The summed E-state index contributed by atoms with van der Waals surface area (Å²) in [4.78, 5) is 14.8. The van der Waals surface area contributed by atoms with Crippen LogP contribution in [0.4, 0.5) is 0 Å². The monoisotopic (exact) mass is 530 g/mol. The molecule has 3 N–H and O–H groups in total. The van der Waals surface area contributed by atoms with Crippen molar-refractivity contribution in [1.82, 2.24) is 10.2 Å². The van der Waals surface area contributed by atoms with Crippen LogP contribution >= 0.6 is 0 Å². The number of hydrogen-bond donors (Lipinski definition) is 3. The number of aliphatic hydroxyl groups excluding tert-OH is 2. The fraction of sp³-hybridized carbons (Fsp3) is 0.406. The zero-order valence-corrected chi connectivity index (χ0v) is 22.4. The van der Waals surface area contributed by atoms with Crippen molar-refractivity contribution in [3.8, 4) is 0 Å². The van der Waals surface area contributed by atoms with Crippen LogP contribution < -0.4 is 5.32 Å². The molecular weight excluding hydrogens is 492 g/mol.